The van der Waals surface area contributed by atoms with Gasteiger partial charge in [-0.25, -0.2) is 0 Å². The SMILES string of the molecule is CC[C@@H](C(=O)c1ccccc1C)N1CCCC1. The van der Waals surface area contributed by atoms with Crippen LogP contribution in [-0.2, 0) is 0 Å². The third-order valence-corrected chi connectivity index (χ3v) is 3.68. The summed E-state index contributed by atoms with van der Waals surface area (Å²) in [6, 6.07) is 8.00. The van der Waals surface area contributed by atoms with E-state index in [-0.39, 0.29) is 6.04 Å². The first kappa shape index (κ1) is 12.3. The van der Waals surface area contributed by atoms with Gasteiger partial charge in [-0.15, -0.1) is 0 Å². The van der Waals surface area contributed by atoms with Crippen molar-refractivity contribution in [3.05, 3.63) is 35.4 Å². The van der Waals surface area contributed by atoms with Crippen LogP contribution in [0.15, 0.2) is 24.3 Å². The highest BCUT2D eigenvalue weighted by atomic mass is 16.1. The molecular formula is C15H21NO. The fraction of sp³-hybridized carbons (Fsp3) is 0.533. The maximum absolute atomic E-state index is 12.5. The molecule has 92 valence electrons. The van der Waals surface area contributed by atoms with Gasteiger partial charge < -0.3 is 0 Å². The van der Waals surface area contributed by atoms with Gasteiger partial charge in [0.05, 0.1) is 6.04 Å². The Kier molecular flexibility index (Phi) is 3.95. The molecular weight excluding hydrogens is 210 g/mol. The third kappa shape index (κ3) is 2.58. The first-order valence-electron chi connectivity index (χ1n) is 6.58. The fourth-order valence-corrected chi connectivity index (χ4v) is 2.69. The Bertz CT molecular complexity index is 394. The van der Waals surface area contributed by atoms with Crippen LogP contribution >= 0.6 is 0 Å². The van der Waals surface area contributed by atoms with Crippen LogP contribution in [0.2, 0.25) is 0 Å². The van der Waals surface area contributed by atoms with Crippen LogP contribution in [0, 0.1) is 6.92 Å². The van der Waals surface area contributed by atoms with E-state index in [0.717, 1.165) is 30.6 Å². The molecule has 0 bridgehead atoms. The maximum Gasteiger partial charge on any atom is 0.180 e. The van der Waals surface area contributed by atoms with Crippen molar-refractivity contribution in [1.82, 2.24) is 4.90 Å². The van der Waals surface area contributed by atoms with Gasteiger partial charge in [0.25, 0.3) is 0 Å². The van der Waals surface area contributed by atoms with E-state index < -0.39 is 0 Å². The van der Waals surface area contributed by atoms with Crippen molar-refractivity contribution in [1.29, 1.82) is 0 Å². The first-order valence-corrected chi connectivity index (χ1v) is 6.58. The molecule has 0 N–H and O–H groups in total. The van der Waals surface area contributed by atoms with Crippen LogP contribution in [0.1, 0.15) is 42.1 Å². The molecule has 0 unspecified atom stereocenters. The zero-order valence-electron chi connectivity index (χ0n) is 10.8. The number of benzene rings is 1. The molecule has 1 aromatic carbocycles. The second-order valence-electron chi connectivity index (χ2n) is 4.85. The van der Waals surface area contributed by atoms with E-state index in [1.165, 1.54) is 12.8 Å². The second-order valence-corrected chi connectivity index (χ2v) is 4.85. The molecule has 2 nitrogen and oxygen atoms in total. The number of aryl methyl sites for hydroxylation is 1. The molecule has 1 saturated heterocycles. The normalized spacial score (nSPS) is 18.2. The first-order chi connectivity index (χ1) is 8.24. The molecule has 17 heavy (non-hydrogen) atoms. The molecule has 1 fully saturated rings. The number of carbonyl (C=O) groups is 1. The zero-order valence-corrected chi connectivity index (χ0v) is 10.8. The Morgan fingerprint density at radius 1 is 1.29 bits per heavy atom. The number of likely N-dealkylation sites (tertiary alicyclic amines) is 1. The smallest absolute Gasteiger partial charge is 0.180 e. The van der Waals surface area contributed by atoms with Crippen LogP contribution < -0.4 is 0 Å². The number of carbonyl (C=O) groups excluding carboxylic acids is 1. The molecule has 0 aromatic heterocycles. The molecule has 1 heterocycles. The van der Waals surface area contributed by atoms with E-state index in [2.05, 4.69) is 11.8 Å². The second kappa shape index (κ2) is 5.46. The van der Waals surface area contributed by atoms with E-state index in [0.29, 0.717) is 5.78 Å². The average Bonchev–Trinajstić information content (AvgIpc) is 2.84. The van der Waals surface area contributed by atoms with Crippen molar-refractivity contribution in [2.75, 3.05) is 13.1 Å². The fourth-order valence-electron chi connectivity index (χ4n) is 2.69. The van der Waals surface area contributed by atoms with E-state index in [9.17, 15) is 4.79 Å². The standard InChI is InChI=1S/C15H21NO/c1-3-14(16-10-6-7-11-16)15(17)13-9-5-4-8-12(13)2/h4-5,8-9,14H,3,6-7,10-11H2,1-2H3/t14-/m0/s1. The lowest BCUT2D eigenvalue weighted by molar-refractivity contribution is 0.0843. The molecule has 1 aliphatic heterocycles. The Balaban J connectivity index is 2.20. The summed E-state index contributed by atoms with van der Waals surface area (Å²) in [5, 5.41) is 0. The highest BCUT2D eigenvalue weighted by Crippen LogP contribution is 2.19. The minimum Gasteiger partial charge on any atom is -0.293 e. The van der Waals surface area contributed by atoms with Crippen LogP contribution in [0.3, 0.4) is 0 Å². The van der Waals surface area contributed by atoms with Crippen LogP contribution in [-0.4, -0.2) is 29.8 Å². The van der Waals surface area contributed by atoms with Crippen molar-refractivity contribution in [3.63, 3.8) is 0 Å². The lowest BCUT2D eigenvalue weighted by atomic mass is 9.97. The molecule has 0 radical (unpaired) electrons. The molecule has 0 aliphatic carbocycles. The number of Topliss-reactive ketones (excluding diaryl/α,β-unsaturated/α-hetero) is 1. The monoisotopic (exact) mass is 231 g/mol. The summed E-state index contributed by atoms with van der Waals surface area (Å²) in [4.78, 5) is 14.9. The van der Waals surface area contributed by atoms with Crippen molar-refractivity contribution in [2.24, 2.45) is 0 Å². The number of nitrogens with zero attached hydrogens (tertiary/aromatic N) is 1. The van der Waals surface area contributed by atoms with E-state index in [1.54, 1.807) is 0 Å². The summed E-state index contributed by atoms with van der Waals surface area (Å²) in [6.45, 7) is 6.29. The van der Waals surface area contributed by atoms with Crippen molar-refractivity contribution in [3.8, 4) is 0 Å². The predicted octanol–water partition coefficient (Wildman–Crippen LogP) is 3.05. The maximum atomic E-state index is 12.5. The molecule has 2 heteroatoms. The van der Waals surface area contributed by atoms with Gasteiger partial charge in [-0.1, -0.05) is 31.2 Å². The molecule has 2 rings (SSSR count). The molecule has 1 aliphatic rings. The lowest BCUT2D eigenvalue weighted by Gasteiger charge is -2.25. The highest BCUT2D eigenvalue weighted by Gasteiger charge is 2.27. The third-order valence-electron chi connectivity index (χ3n) is 3.68. The van der Waals surface area contributed by atoms with Crippen molar-refractivity contribution >= 4 is 5.78 Å². The van der Waals surface area contributed by atoms with E-state index in [1.807, 2.05) is 31.2 Å². The summed E-state index contributed by atoms with van der Waals surface area (Å²) < 4.78 is 0. The van der Waals surface area contributed by atoms with Gasteiger partial charge in [0.2, 0.25) is 0 Å². The van der Waals surface area contributed by atoms with Crippen molar-refractivity contribution in [2.45, 2.75) is 39.2 Å². The van der Waals surface area contributed by atoms with Crippen LogP contribution in [0.25, 0.3) is 0 Å². The van der Waals surface area contributed by atoms with Gasteiger partial charge in [0.1, 0.15) is 0 Å². The van der Waals surface area contributed by atoms with Crippen LogP contribution in [0.5, 0.6) is 0 Å². The van der Waals surface area contributed by atoms with Gasteiger partial charge >= 0.3 is 0 Å². The predicted molar refractivity (Wildman–Crippen MR) is 70.4 cm³/mol. The number of rotatable bonds is 4. The molecule has 0 amide bonds. The Morgan fingerprint density at radius 3 is 2.53 bits per heavy atom. The summed E-state index contributed by atoms with van der Waals surface area (Å²) >= 11 is 0. The van der Waals surface area contributed by atoms with Gasteiger partial charge in [-0.3, -0.25) is 9.69 Å². The summed E-state index contributed by atoms with van der Waals surface area (Å²) in [7, 11) is 0. The van der Waals surface area contributed by atoms with Gasteiger partial charge in [0, 0.05) is 5.56 Å². The Hall–Kier alpha value is -1.15. The zero-order chi connectivity index (χ0) is 12.3. The number of hydrogen-bond acceptors (Lipinski definition) is 2. The Morgan fingerprint density at radius 2 is 1.94 bits per heavy atom. The average molecular weight is 231 g/mol. The molecule has 1 atom stereocenters. The van der Waals surface area contributed by atoms with E-state index >= 15 is 0 Å². The van der Waals surface area contributed by atoms with Crippen LogP contribution in [0.4, 0.5) is 0 Å². The minimum absolute atomic E-state index is 0.0820. The highest BCUT2D eigenvalue weighted by molar-refractivity contribution is 6.01. The molecule has 1 aromatic rings. The quantitative estimate of drug-likeness (QED) is 0.742. The number of ketones is 1. The van der Waals surface area contributed by atoms with Gasteiger partial charge in [-0.05, 0) is 44.8 Å². The number of hydrogen-bond donors (Lipinski definition) is 0. The summed E-state index contributed by atoms with van der Waals surface area (Å²) in [6.07, 6.45) is 3.38. The van der Waals surface area contributed by atoms with Gasteiger partial charge in [0.15, 0.2) is 5.78 Å². The lowest BCUT2D eigenvalue weighted by Crippen LogP contribution is -2.39. The van der Waals surface area contributed by atoms with Gasteiger partial charge in [-0.2, -0.15) is 0 Å². The summed E-state index contributed by atoms with van der Waals surface area (Å²) in [5.41, 5.74) is 1.99. The Labute approximate surface area is 104 Å². The topological polar surface area (TPSA) is 20.3 Å². The largest absolute Gasteiger partial charge is 0.293 e. The molecule has 0 spiro atoms. The minimum atomic E-state index is 0.0820. The molecule has 0 saturated carbocycles. The van der Waals surface area contributed by atoms with Crippen molar-refractivity contribution < 1.29 is 4.79 Å². The summed E-state index contributed by atoms with van der Waals surface area (Å²) in [5.74, 6) is 0.299. The van der Waals surface area contributed by atoms with E-state index in [4.69, 9.17) is 0 Å².